The van der Waals surface area contributed by atoms with Gasteiger partial charge in [-0.15, -0.1) is 0 Å². The number of benzene rings is 2. The molecule has 3 rings (SSSR count). The second kappa shape index (κ2) is 8.68. The molecule has 0 radical (unpaired) electrons. The van der Waals surface area contributed by atoms with Crippen LogP contribution in [0.25, 0.3) is 0 Å². The van der Waals surface area contributed by atoms with E-state index in [0.29, 0.717) is 11.3 Å². The van der Waals surface area contributed by atoms with E-state index in [9.17, 15) is 14.4 Å². The number of esters is 1. The van der Waals surface area contributed by atoms with Crippen LogP contribution in [-0.4, -0.2) is 30.9 Å². The van der Waals surface area contributed by atoms with E-state index >= 15 is 0 Å². The first-order chi connectivity index (χ1) is 13.6. The molecule has 3 aromatic rings. The van der Waals surface area contributed by atoms with Crippen LogP contribution in [0.1, 0.15) is 31.3 Å². The number of nitrogens with one attached hydrogen (secondary N) is 2. The van der Waals surface area contributed by atoms with Crippen molar-refractivity contribution in [1.29, 1.82) is 0 Å². The number of carbonyl (C=O) groups is 3. The molecule has 1 amide bonds. The number of para-hydroxylation sites is 1. The van der Waals surface area contributed by atoms with E-state index in [4.69, 9.17) is 9.15 Å². The average Bonchev–Trinajstić information content (AvgIpc) is 3.28. The van der Waals surface area contributed by atoms with E-state index in [0.717, 1.165) is 0 Å². The summed E-state index contributed by atoms with van der Waals surface area (Å²) < 4.78 is 9.86. The number of anilines is 1. The van der Waals surface area contributed by atoms with Gasteiger partial charge in [-0.3, -0.25) is 9.59 Å². The second-order valence-corrected chi connectivity index (χ2v) is 5.80. The fourth-order valence-corrected chi connectivity index (χ4v) is 2.60. The van der Waals surface area contributed by atoms with Crippen LogP contribution in [0, 0.1) is 0 Å². The Morgan fingerprint density at radius 1 is 0.929 bits per heavy atom. The van der Waals surface area contributed by atoms with E-state index in [1.54, 1.807) is 60.7 Å². The van der Waals surface area contributed by atoms with Crippen molar-refractivity contribution in [2.45, 2.75) is 6.17 Å². The fraction of sp³-hybridized carbons (Fsp3) is 0.0952. The number of rotatable bonds is 7. The van der Waals surface area contributed by atoms with Crippen molar-refractivity contribution in [3.8, 4) is 0 Å². The Balaban J connectivity index is 1.91. The largest absolute Gasteiger partial charge is 0.465 e. The van der Waals surface area contributed by atoms with Crippen LogP contribution in [0.15, 0.2) is 77.4 Å². The number of carbonyl (C=O) groups excluding carboxylic acids is 3. The predicted octanol–water partition coefficient (Wildman–Crippen LogP) is 3.12. The van der Waals surface area contributed by atoms with Crippen molar-refractivity contribution < 1.29 is 23.5 Å². The summed E-state index contributed by atoms with van der Waals surface area (Å²) in [5.74, 6) is -1.44. The molecule has 2 aromatic carbocycles. The van der Waals surface area contributed by atoms with Crippen molar-refractivity contribution in [1.82, 2.24) is 5.32 Å². The Kier molecular flexibility index (Phi) is 5.86. The van der Waals surface area contributed by atoms with E-state index in [1.807, 2.05) is 0 Å². The van der Waals surface area contributed by atoms with Gasteiger partial charge in [0.1, 0.15) is 0 Å². The SMILES string of the molecule is COC(=O)c1ccccc1N[C@H](NC(=O)c1ccco1)C(=O)c1ccccc1. The van der Waals surface area contributed by atoms with Gasteiger partial charge in [0, 0.05) is 5.56 Å². The average molecular weight is 378 g/mol. The van der Waals surface area contributed by atoms with E-state index in [-0.39, 0.29) is 17.1 Å². The highest BCUT2D eigenvalue weighted by Crippen LogP contribution is 2.18. The number of ether oxygens (including phenoxy) is 1. The lowest BCUT2D eigenvalue weighted by Crippen LogP contribution is -2.46. The summed E-state index contributed by atoms with van der Waals surface area (Å²) in [6, 6.07) is 18.1. The zero-order chi connectivity index (χ0) is 19.9. The molecule has 7 heteroatoms. The fourth-order valence-electron chi connectivity index (χ4n) is 2.60. The first-order valence-electron chi connectivity index (χ1n) is 8.47. The van der Waals surface area contributed by atoms with E-state index in [2.05, 4.69) is 10.6 Å². The molecule has 1 aromatic heterocycles. The summed E-state index contributed by atoms with van der Waals surface area (Å²) in [6.45, 7) is 0. The van der Waals surface area contributed by atoms with Crippen LogP contribution >= 0.6 is 0 Å². The maximum absolute atomic E-state index is 13.0. The molecule has 0 saturated heterocycles. The molecule has 1 heterocycles. The van der Waals surface area contributed by atoms with Crippen LogP contribution in [0.4, 0.5) is 5.69 Å². The van der Waals surface area contributed by atoms with Crippen molar-refractivity contribution in [3.63, 3.8) is 0 Å². The van der Waals surface area contributed by atoms with Crippen LogP contribution in [-0.2, 0) is 4.74 Å². The molecule has 0 fully saturated rings. The Bertz CT molecular complexity index is 967. The minimum absolute atomic E-state index is 0.0638. The predicted molar refractivity (Wildman–Crippen MR) is 102 cm³/mol. The summed E-state index contributed by atoms with van der Waals surface area (Å²) in [4.78, 5) is 37.4. The summed E-state index contributed by atoms with van der Waals surface area (Å²) in [6.07, 6.45) is 0.230. The third-order valence-electron chi connectivity index (χ3n) is 3.97. The molecule has 0 aliphatic heterocycles. The topological polar surface area (TPSA) is 97.6 Å². The molecule has 0 aliphatic carbocycles. The minimum atomic E-state index is -1.13. The number of ketones is 1. The number of hydrogen-bond donors (Lipinski definition) is 2. The van der Waals surface area contributed by atoms with Crippen molar-refractivity contribution in [2.75, 3.05) is 12.4 Å². The van der Waals surface area contributed by atoms with Gasteiger partial charge < -0.3 is 19.8 Å². The van der Waals surface area contributed by atoms with Gasteiger partial charge in [0.2, 0.25) is 5.78 Å². The Labute approximate surface area is 161 Å². The van der Waals surface area contributed by atoms with Gasteiger partial charge in [-0.2, -0.15) is 0 Å². The van der Waals surface area contributed by atoms with Crippen LogP contribution in [0.3, 0.4) is 0 Å². The van der Waals surface area contributed by atoms with Gasteiger partial charge >= 0.3 is 5.97 Å². The number of Topliss-reactive ketones (excluding diaryl/α,β-unsaturated/α-hetero) is 1. The molecule has 0 unspecified atom stereocenters. The Morgan fingerprint density at radius 3 is 2.32 bits per heavy atom. The van der Waals surface area contributed by atoms with Gasteiger partial charge in [-0.05, 0) is 24.3 Å². The molecule has 1 atom stereocenters. The summed E-state index contributed by atoms with van der Waals surface area (Å²) in [7, 11) is 1.27. The number of furan rings is 1. The van der Waals surface area contributed by atoms with Gasteiger partial charge in [-0.1, -0.05) is 42.5 Å². The van der Waals surface area contributed by atoms with Gasteiger partial charge in [0.25, 0.3) is 5.91 Å². The zero-order valence-electron chi connectivity index (χ0n) is 15.0. The molecular weight excluding hydrogens is 360 g/mol. The number of methoxy groups -OCH3 is 1. The molecule has 0 aliphatic rings. The van der Waals surface area contributed by atoms with Gasteiger partial charge in [0.05, 0.1) is 24.6 Å². The smallest absolute Gasteiger partial charge is 0.339 e. The third kappa shape index (κ3) is 4.27. The van der Waals surface area contributed by atoms with E-state index < -0.39 is 18.0 Å². The first kappa shape index (κ1) is 18.9. The lowest BCUT2D eigenvalue weighted by Gasteiger charge is -2.21. The summed E-state index contributed by atoms with van der Waals surface area (Å²) in [5, 5.41) is 5.53. The molecule has 2 N–H and O–H groups in total. The van der Waals surface area contributed by atoms with Crippen LogP contribution < -0.4 is 10.6 Å². The normalized spacial score (nSPS) is 11.3. The van der Waals surface area contributed by atoms with Gasteiger partial charge in [0.15, 0.2) is 11.9 Å². The van der Waals surface area contributed by atoms with Crippen LogP contribution in [0.5, 0.6) is 0 Å². The van der Waals surface area contributed by atoms with Crippen molar-refractivity contribution in [3.05, 3.63) is 89.9 Å². The maximum Gasteiger partial charge on any atom is 0.339 e. The summed E-state index contributed by atoms with van der Waals surface area (Å²) >= 11 is 0. The second-order valence-electron chi connectivity index (χ2n) is 5.80. The molecule has 0 spiro atoms. The quantitative estimate of drug-likeness (QED) is 0.372. The number of amides is 1. The lowest BCUT2D eigenvalue weighted by atomic mass is 10.1. The van der Waals surface area contributed by atoms with Crippen molar-refractivity contribution in [2.24, 2.45) is 0 Å². The number of hydrogen-bond acceptors (Lipinski definition) is 6. The molecule has 28 heavy (non-hydrogen) atoms. The Morgan fingerprint density at radius 2 is 1.64 bits per heavy atom. The molecule has 0 bridgehead atoms. The van der Waals surface area contributed by atoms with Gasteiger partial charge in [-0.25, -0.2) is 4.79 Å². The highest BCUT2D eigenvalue weighted by molar-refractivity contribution is 6.05. The van der Waals surface area contributed by atoms with E-state index in [1.165, 1.54) is 19.4 Å². The van der Waals surface area contributed by atoms with Crippen LogP contribution in [0.2, 0.25) is 0 Å². The lowest BCUT2D eigenvalue weighted by molar-refractivity contribution is 0.0601. The standard InChI is InChI=1S/C21H18N2O5/c1-27-21(26)15-10-5-6-11-16(15)22-19(18(24)14-8-3-2-4-9-14)23-20(25)17-12-7-13-28-17/h2-13,19,22H,1H3,(H,23,25)/t19-/m1/s1. The monoisotopic (exact) mass is 378 g/mol. The molecule has 0 saturated carbocycles. The molecular formula is C21H18N2O5. The minimum Gasteiger partial charge on any atom is -0.465 e. The molecule has 142 valence electrons. The summed E-state index contributed by atoms with van der Waals surface area (Å²) in [5.41, 5.74) is 0.988. The maximum atomic E-state index is 13.0. The molecule has 7 nitrogen and oxygen atoms in total. The highest BCUT2D eigenvalue weighted by Gasteiger charge is 2.25. The first-order valence-corrected chi connectivity index (χ1v) is 8.47. The Hall–Kier alpha value is -3.87. The third-order valence-corrected chi connectivity index (χ3v) is 3.97. The van der Waals surface area contributed by atoms with Crippen molar-refractivity contribution >= 4 is 23.3 Å². The highest BCUT2D eigenvalue weighted by atomic mass is 16.5. The zero-order valence-corrected chi connectivity index (χ0v) is 15.0.